The van der Waals surface area contributed by atoms with E-state index in [1.54, 1.807) is 0 Å². The molecule has 0 N–H and O–H groups in total. The Morgan fingerprint density at radius 2 is 1.70 bits per heavy atom. The van der Waals surface area contributed by atoms with E-state index in [0.29, 0.717) is 0 Å². The van der Waals surface area contributed by atoms with E-state index in [1.165, 1.54) is 0 Å². The first-order chi connectivity index (χ1) is 9.26. The van der Waals surface area contributed by atoms with Crippen molar-refractivity contribution in [3.05, 3.63) is 0 Å². The number of carbonyl (C=O) groups excluding carboxylic acids is 1. The summed E-state index contributed by atoms with van der Waals surface area (Å²) < 4.78 is 5.79. The van der Waals surface area contributed by atoms with Gasteiger partial charge in [-0.25, -0.2) is 4.79 Å². The molecule has 0 atom stereocenters. The van der Waals surface area contributed by atoms with Gasteiger partial charge in [-0.05, 0) is 44.9 Å². The summed E-state index contributed by atoms with van der Waals surface area (Å²) in [4.78, 5) is 14.5. The molecule has 0 aromatic heterocycles. The Morgan fingerprint density at radius 3 is 2.20 bits per heavy atom. The number of hydrogen-bond donors (Lipinski definition) is 0. The Labute approximate surface area is 125 Å². The van der Waals surface area contributed by atoms with Gasteiger partial charge < -0.3 is 9.64 Å². The molecule has 0 bridgehead atoms. The highest BCUT2D eigenvalue weighted by molar-refractivity contribution is 5.69. The summed E-state index contributed by atoms with van der Waals surface area (Å²) in [6.07, 6.45) is 6.26. The van der Waals surface area contributed by atoms with Gasteiger partial charge in [-0.15, -0.1) is 0 Å². The number of rotatable bonds is 5. The van der Waals surface area contributed by atoms with E-state index in [9.17, 15) is 4.79 Å². The predicted molar refractivity (Wildman–Crippen MR) is 83.9 cm³/mol. The lowest BCUT2D eigenvalue weighted by atomic mass is 9.68. The lowest BCUT2D eigenvalue weighted by Crippen LogP contribution is -2.60. The third-order valence-corrected chi connectivity index (χ3v) is 5.22. The fraction of sp³-hybridized carbons (Fsp3) is 0.941. The maximum absolute atomic E-state index is 12.6. The van der Waals surface area contributed by atoms with E-state index in [1.807, 2.05) is 4.90 Å². The second kappa shape index (κ2) is 6.82. The number of likely N-dealkylation sites (tertiary alicyclic amines) is 1. The van der Waals surface area contributed by atoms with Crippen molar-refractivity contribution in [2.75, 3.05) is 6.54 Å². The van der Waals surface area contributed by atoms with Gasteiger partial charge in [0, 0.05) is 12.1 Å². The molecule has 3 nitrogen and oxygen atoms in total. The molecule has 0 spiro atoms. The van der Waals surface area contributed by atoms with Crippen molar-refractivity contribution in [1.82, 2.24) is 4.90 Å². The lowest BCUT2D eigenvalue weighted by molar-refractivity contribution is -0.0395. The van der Waals surface area contributed by atoms with Crippen LogP contribution in [-0.2, 0) is 4.74 Å². The molecule has 3 heteroatoms. The second-order valence-corrected chi connectivity index (χ2v) is 7.28. The van der Waals surface area contributed by atoms with Gasteiger partial charge in [-0.2, -0.15) is 0 Å². The molecule has 20 heavy (non-hydrogen) atoms. The normalized spacial score (nSPS) is 21.1. The third kappa shape index (κ3) is 3.67. The van der Waals surface area contributed by atoms with E-state index in [4.69, 9.17) is 4.74 Å². The molecule has 118 valence electrons. The molecule has 1 heterocycles. The fourth-order valence-corrected chi connectivity index (χ4v) is 3.06. The van der Waals surface area contributed by atoms with Crippen molar-refractivity contribution in [2.45, 2.75) is 91.7 Å². The van der Waals surface area contributed by atoms with Crippen molar-refractivity contribution >= 4 is 6.09 Å². The van der Waals surface area contributed by atoms with Crippen LogP contribution in [0.4, 0.5) is 4.79 Å². The van der Waals surface area contributed by atoms with E-state index < -0.39 is 0 Å². The molecule has 0 radical (unpaired) electrons. The van der Waals surface area contributed by atoms with E-state index in [0.717, 1.165) is 45.1 Å². The first-order valence-electron chi connectivity index (χ1n) is 8.24. The van der Waals surface area contributed by atoms with Gasteiger partial charge in [0.05, 0.1) is 0 Å². The summed E-state index contributed by atoms with van der Waals surface area (Å²) in [6, 6.07) is 0. The molecule has 1 saturated heterocycles. The Morgan fingerprint density at radius 1 is 1.15 bits per heavy atom. The molecule has 1 aliphatic rings. The molecule has 0 aromatic rings. The maximum atomic E-state index is 12.6. The second-order valence-electron chi connectivity index (χ2n) is 7.28. The summed E-state index contributed by atoms with van der Waals surface area (Å²) in [5.41, 5.74) is -0.0133. The molecule has 0 aromatic carbocycles. The largest absolute Gasteiger partial charge is 0.446 e. The first-order valence-corrected chi connectivity index (χ1v) is 8.24. The number of ether oxygens (including phenoxy) is 1. The Balaban J connectivity index is 2.74. The Bertz CT molecular complexity index is 317. The highest BCUT2D eigenvalue weighted by Crippen LogP contribution is 2.43. The summed E-state index contributed by atoms with van der Waals surface area (Å²) in [5.74, 6) is 0. The van der Waals surface area contributed by atoms with Crippen molar-refractivity contribution in [3.8, 4) is 0 Å². The zero-order chi connectivity index (χ0) is 15.4. The van der Waals surface area contributed by atoms with Crippen LogP contribution in [0.15, 0.2) is 0 Å². The summed E-state index contributed by atoms with van der Waals surface area (Å²) >= 11 is 0. The van der Waals surface area contributed by atoms with Crippen LogP contribution in [0.25, 0.3) is 0 Å². The minimum absolute atomic E-state index is 0.0818. The monoisotopic (exact) mass is 283 g/mol. The van der Waals surface area contributed by atoms with E-state index in [2.05, 4.69) is 41.5 Å². The molecule has 1 aliphatic heterocycles. The van der Waals surface area contributed by atoms with Crippen molar-refractivity contribution in [2.24, 2.45) is 5.41 Å². The van der Waals surface area contributed by atoms with Gasteiger partial charge >= 0.3 is 6.09 Å². The SMILES string of the molecule is CCCC(CCC)OC(=O)N1CCCC(C)(C)C1(C)C. The average Bonchev–Trinajstić information content (AvgIpc) is 2.33. The van der Waals surface area contributed by atoms with Crippen LogP contribution in [0, 0.1) is 5.41 Å². The van der Waals surface area contributed by atoms with Crippen LogP contribution < -0.4 is 0 Å². The topological polar surface area (TPSA) is 29.5 Å². The molecular weight excluding hydrogens is 250 g/mol. The quantitative estimate of drug-likeness (QED) is 0.711. The van der Waals surface area contributed by atoms with Gasteiger partial charge in [-0.1, -0.05) is 40.5 Å². The number of amides is 1. The fourth-order valence-electron chi connectivity index (χ4n) is 3.06. The van der Waals surface area contributed by atoms with Crippen LogP contribution in [0.2, 0.25) is 0 Å². The zero-order valence-electron chi connectivity index (χ0n) is 14.3. The van der Waals surface area contributed by atoms with Gasteiger partial charge in [-0.3, -0.25) is 0 Å². The molecule has 1 amide bonds. The van der Waals surface area contributed by atoms with Crippen molar-refractivity contribution in [3.63, 3.8) is 0 Å². The summed E-state index contributed by atoms with van der Waals surface area (Å²) in [7, 11) is 0. The van der Waals surface area contributed by atoms with Gasteiger partial charge in [0.1, 0.15) is 6.10 Å². The number of hydrogen-bond acceptors (Lipinski definition) is 2. The summed E-state index contributed by atoms with van der Waals surface area (Å²) in [5, 5.41) is 0. The van der Waals surface area contributed by atoms with Crippen molar-refractivity contribution < 1.29 is 9.53 Å². The van der Waals surface area contributed by atoms with E-state index in [-0.39, 0.29) is 23.2 Å². The minimum atomic E-state index is -0.148. The van der Waals surface area contributed by atoms with Gasteiger partial charge in [0.2, 0.25) is 0 Å². The Hall–Kier alpha value is -0.730. The van der Waals surface area contributed by atoms with Crippen molar-refractivity contribution in [1.29, 1.82) is 0 Å². The maximum Gasteiger partial charge on any atom is 0.410 e. The molecule has 1 rings (SSSR count). The van der Waals surface area contributed by atoms with Crippen LogP contribution in [0.1, 0.15) is 80.1 Å². The molecule has 0 aliphatic carbocycles. The number of piperidine rings is 1. The lowest BCUT2D eigenvalue weighted by Gasteiger charge is -2.52. The number of carbonyl (C=O) groups is 1. The van der Waals surface area contributed by atoms with Crippen LogP contribution in [-0.4, -0.2) is 29.2 Å². The van der Waals surface area contributed by atoms with Crippen LogP contribution >= 0.6 is 0 Å². The van der Waals surface area contributed by atoms with Crippen LogP contribution in [0.3, 0.4) is 0 Å². The van der Waals surface area contributed by atoms with E-state index >= 15 is 0 Å². The predicted octanol–water partition coefficient (Wildman–Crippen LogP) is 4.99. The first kappa shape index (κ1) is 17.3. The smallest absolute Gasteiger partial charge is 0.410 e. The highest BCUT2D eigenvalue weighted by atomic mass is 16.6. The van der Waals surface area contributed by atoms with Crippen LogP contribution in [0.5, 0.6) is 0 Å². The Kier molecular flexibility index (Phi) is 5.91. The molecule has 0 unspecified atom stereocenters. The molecule has 1 fully saturated rings. The standard InChI is InChI=1S/C17H33NO2/c1-7-10-14(11-8-2)20-15(19)18-13-9-12-16(3,4)17(18,5)6/h14H,7-13H2,1-6H3. The minimum Gasteiger partial charge on any atom is -0.446 e. The summed E-state index contributed by atoms with van der Waals surface area (Å²) in [6.45, 7) is 13.9. The number of nitrogens with zero attached hydrogens (tertiary/aromatic N) is 1. The van der Waals surface area contributed by atoms with Gasteiger partial charge in [0.25, 0.3) is 0 Å². The molecule has 0 saturated carbocycles. The van der Waals surface area contributed by atoms with Gasteiger partial charge in [0.15, 0.2) is 0 Å². The molecular formula is C17H33NO2. The third-order valence-electron chi connectivity index (χ3n) is 5.22. The zero-order valence-corrected chi connectivity index (χ0v) is 14.3. The average molecular weight is 283 g/mol. The highest BCUT2D eigenvalue weighted by Gasteiger charge is 2.47.